The Labute approximate surface area is 111 Å². The molecule has 18 heavy (non-hydrogen) atoms. The van der Waals surface area contributed by atoms with Crippen LogP contribution in [-0.2, 0) is 11.2 Å². The van der Waals surface area contributed by atoms with E-state index in [4.69, 9.17) is 4.74 Å². The Bertz CT molecular complexity index is 386. The van der Waals surface area contributed by atoms with E-state index in [9.17, 15) is 0 Å². The fraction of sp³-hybridized carbons (Fsp3) is 0.647. The molecule has 0 radical (unpaired) electrons. The van der Waals surface area contributed by atoms with Gasteiger partial charge in [-0.2, -0.15) is 0 Å². The third-order valence-corrected chi connectivity index (χ3v) is 4.86. The standard InChI is InChI=1S/C17H24O/c1-2-3-9-16-13-17(16)15(10-11-18-17)12-14-7-5-4-6-8-14/h4-8,15-16H,2-3,9-13H2,1H3/t15?,16-,17-/m0/s1. The zero-order valence-corrected chi connectivity index (χ0v) is 11.4. The van der Waals surface area contributed by atoms with Crippen LogP contribution in [0.5, 0.6) is 0 Å². The first kappa shape index (κ1) is 12.2. The maximum absolute atomic E-state index is 6.15. The molecule has 1 unspecified atom stereocenters. The van der Waals surface area contributed by atoms with Crippen molar-refractivity contribution in [3.8, 4) is 0 Å². The second-order valence-corrected chi connectivity index (χ2v) is 6.02. The molecule has 1 saturated carbocycles. The lowest BCUT2D eigenvalue weighted by Crippen LogP contribution is -2.22. The molecular formula is C17H24O. The lowest BCUT2D eigenvalue weighted by atomic mass is 9.89. The van der Waals surface area contributed by atoms with Crippen LogP contribution in [-0.4, -0.2) is 12.2 Å². The van der Waals surface area contributed by atoms with Crippen molar-refractivity contribution in [1.29, 1.82) is 0 Å². The number of unbranched alkanes of at least 4 members (excludes halogenated alkanes) is 1. The predicted molar refractivity (Wildman–Crippen MR) is 74.6 cm³/mol. The highest BCUT2D eigenvalue weighted by atomic mass is 16.5. The van der Waals surface area contributed by atoms with Crippen LogP contribution in [0, 0.1) is 11.8 Å². The number of rotatable bonds is 5. The van der Waals surface area contributed by atoms with Crippen molar-refractivity contribution >= 4 is 0 Å². The van der Waals surface area contributed by atoms with Crippen LogP contribution in [0.2, 0.25) is 0 Å². The Kier molecular flexibility index (Phi) is 3.43. The summed E-state index contributed by atoms with van der Waals surface area (Å²) in [6.45, 7) is 3.27. The van der Waals surface area contributed by atoms with Crippen molar-refractivity contribution in [2.24, 2.45) is 11.8 Å². The minimum Gasteiger partial charge on any atom is -0.374 e. The first-order valence-electron chi connectivity index (χ1n) is 7.53. The third-order valence-electron chi connectivity index (χ3n) is 4.86. The van der Waals surface area contributed by atoms with Gasteiger partial charge in [-0.25, -0.2) is 0 Å². The van der Waals surface area contributed by atoms with Crippen LogP contribution >= 0.6 is 0 Å². The molecule has 1 aromatic rings. The molecule has 0 N–H and O–H groups in total. The minimum absolute atomic E-state index is 0.283. The monoisotopic (exact) mass is 244 g/mol. The van der Waals surface area contributed by atoms with Gasteiger partial charge in [0.15, 0.2) is 0 Å². The highest BCUT2D eigenvalue weighted by molar-refractivity contribution is 5.20. The van der Waals surface area contributed by atoms with E-state index < -0.39 is 0 Å². The molecule has 1 aliphatic heterocycles. The summed E-state index contributed by atoms with van der Waals surface area (Å²) in [7, 11) is 0. The summed E-state index contributed by atoms with van der Waals surface area (Å²) in [6.07, 6.45) is 7.86. The van der Waals surface area contributed by atoms with Gasteiger partial charge in [0.1, 0.15) is 0 Å². The molecule has 1 saturated heterocycles. The molecule has 0 bridgehead atoms. The maximum Gasteiger partial charge on any atom is 0.0747 e. The normalized spacial score (nSPS) is 34.1. The second-order valence-electron chi connectivity index (χ2n) is 6.02. The molecule has 0 aromatic heterocycles. The zero-order chi connectivity index (χ0) is 12.4. The first-order chi connectivity index (χ1) is 8.85. The Hall–Kier alpha value is -0.820. The van der Waals surface area contributed by atoms with Gasteiger partial charge in [-0.05, 0) is 43.1 Å². The van der Waals surface area contributed by atoms with Crippen LogP contribution < -0.4 is 0 Å². The van der Waals surface area contributed by atoms with Gasteiger partial charge >= 0.3 is 0 Å². The Balaban J connectivity index is 1.63. The van der Waals surface area contributed by atoms with Gasteiger partial charge in [-0.15, -0.1) is 0 Å². The van der Waals surface area contributed by atoms with E-state index in [-0.39, 0.29) is 5.60 Å². The molecule has 0 amide bonds. The maximum atomic E-state index is 6.15. The SMILES string of the molecule is CCCC[C@H]1C[C@@]12OCCC2Cc1ccccc1. The van der Waals surface area contributed by atoms with Gasteiger partial charge in [0, 0.05) is 6.61 Å². The first-order valence-corrected chi connectivity index (χ1v) is 7.53. The minimum atomic E-state index is 0.283. The molecule has 2 aliphatic rings. The summed E-state index contributed by atoms with van der Waals surface area (Å²) in [6, 6.07) is 10.9. The molecule has 1 heteroatoms. The molecular weight excluding hydrogens is 220 g/mol. The van der Waals surface area contributed by atoms with Crippen molar-refractivity contribution in [3.05, 3.63) is 35.9 Å². The van der Waals surface area contributed by atoms with Crippen LogP contribution in [0.1, 0.15) is 44.6 Å². The van der Waals surface area contributed by atoms with E-state index in [0.29, 0.717) is 0 Å². The Morgan fingerprint density at radius 2 is 2.06 bits per heavy atom. The van der Waals surface area contributed by atoms with Crippen LogP contribution in [0.3, 0.4) is 0 Å². The number of benzene rings is 1. The summed E-state index contributed by atoms with van der Waals surface area (Å²) in [5, 5.41) is 0. The molecule has 3 atom stereocenters. The number of hydrogen-bond donors (Lipinski definition) is 0. The van der Waals surface area contributed by atoms with E-state index in [1.807, 2.05) is 0 Å². The Morgan fingerprint density at radius 3 is 2.83 bits per heavy atom. The van der Waals surface area contributed by atoms with E-state index in [1.165, 1.54) is 44.1 Å². The lowest BCUT2D eigenvalue weighted by molar-refractivity contribution is 0.0520. The van der Waals surface area contributed by atoms with E-state index in [0.717, 1.165) is 18.4 Å². The number of ether oxygens (including phenoxy) is 1. The molecule has 1 spiro atoms. The van der Waals surface area contributed by atoms with Crippen LogP contribution in [0.25, 0.3) is 0 Å². The largest absolute Gasteiger partial charge is 0.374 e. The van der Waals surface area contributed by atoms with Gasteiger partial charge in [0.2, 0.25) is 0 Å². The van der Waals surface area contributed by atoms with Crippen molar-refractivity contribution in [2.45, 2.75) is 51.0 Å². The van der Waals surface area contributed by atoms with Gasteiger partial charge in [0.25, 0.3) is 0 Å². The lowest BCUT2D eigenvalue weighted by Gasteiger charge is -2.19. The van der Waals surface area contributed by atoms with Gasteiger partial charge in [-0.1, -0.05) is 50.1 Å². The fourth-order valence-corrected chi connectivity index (χ4v) is 3.73. The molecule has 1 nitrogen and oxygen atoms in total. The molecule has 98 valence electrons. The highest BCUT2D eigenvalue weighted by Gasteiger charge is 2.61. The third kappa shape index (κ3) is 2.21. The smallest absolute Gasteiger partial charge is 0.0747 e. The number of hydrogen-bond acceptors (Lipinski definition) is 1. The fourth-order valence-electron chi connectivity index (χ4n) is 3.73. The van der Waals surface area contributed by atoms with E-state index >= 15 is 0 Å². The average molecular weight is 244 g/mol. The molecule has 1 aromatic carbocycles. The van der Waals surface area contributed by atoms with Crippen molar-refractivity contribution in [2.75, 3.05) is 6.61 Å². The summed E-state index contributed by atoms with van der Waals surface area (Å²) in [5.41, 5.74) is 1.76. The Morgan fingerprint density at radius 1 is 1.22 bits per heavy atom. The van der Waals surface area contributed by atoms with E-state index in [1.54, 1.807) is 0 Å². The average Bonchev–Trinajstić information content (AvgIpc) is 2.96. The predicted octanol–water partition coefficient (Wildman–Crippen LogP) is 4.21. The molecule has 1 aliphatic carbocycles. The topological polar surface area (TPSA) is 9.23 Å². The summed E-state index contributed by atoms with van der Waals surface area (Å²) in [5.74, 6) is 1.62. The van der Waals surface area contributed by atoms with Crippen LogP contribution in [0.15, 0.2) is 30.3 Å². The van der Waals surface area contributed by atoms with Gasteiger partial charge in [-0.3, -0.25) is 0 Å². The zero-order valence-electron chi connectivity index (χ0n) is 11.4. The second kappa shape index (κ2) is 5.05. The van der Waals surface area contributed by atoms with Crippen LogP contribution in [0.4, 0.5) is 0 Å². The summed E-state index contributed by atoms with van der Waals surface area (Å²) >= 11 is 0. The summed E-state index contributed by atoms with van der Waals surface area (Å²) < 4.78 is 6.15. The van der Waals surface area contributed by atoms with Crippen molar-refractivity contribution in [1.82, 2.24) is 0 Å². The van der Waals surface area contributed by atoms with Crippen molar-refractivity contribution < 1.29 is 4.74 Å². The highest BCUT2D eigenvalue weighted by Crippen LogP contribution is 2.59. The molecule has 2 fully saturated rings. The molecule has 3 rings (SSSR count). The van der Waals surface area contributed by atoms with Crippen molar-refractivity contribution in [3.63, 3.8) is 0 Å². The molecule has 1 heterocycles. The quantitative estimate of drug-likeness (QED) is 0.753. The van der Waals surface area contributed by atoms with Gasteiger partial charge in [0.05, 0.1) is 5.60 Å². The van der Waals surface area contributed by atoms with E-state index in [2.05, 4.69) is 37.3 Å². The summed E-state index contributed by atoms with van der Waals surface area (Å²) in [4.78, 5) is 0. The van der Waals surface area contributed by atoms with Gasteiger partial charge < -0.3 is 4.74 Å².